The third-order valence-electron chi connectivity index (χ3n) is 4.48. The van der Waals surface area contributed by atoms with E-state index in [9.17, 15) is 9.59 Å². The van der Waals surface area contributed by atoms with E-state index in [2.05, 4.69) is 10.3 Å². The number of nitrogens with zero attached hydrogens (tertiary/aromatic N) is 2. The lowest BCUT2D eigenvalue weighted by atomic mass is 10.2. The normalized spacial score (nSPS) is 13.0. The number of hydrogen-bond donors (Lipinski definition) is 1. The Labute approximate surface area is 163 Å². The van der Waals surface area contributed by atoms with Gasteiger partial charge in [-0.15, -0.1) is 11.3 Å². The van der Waals surface area contributed by atoms with E-state index in [4.69, 9.17) is 9.47 Å². The van der Waals surface area contributed by atoms with E-state index in [0.717, 1.165) is 5.56 Å². The number of pyridine rings is 1. The fraction of sp³-hybridized carbons (Fsp3) is 0.150. The molecule has 4 aromatic rings. The molecule has 0 atom stereocenters. The third kappa shape index (κ3) is 2.78. The number of carbonyl (C=O) groups is 1. The Morgan fingerprint density at radius 3 is 2.82 bits per heavy atom. The van der Waals surface area contributed by atoms with Gasteiger partial charge in [0, 0.05) is 18.0 Å². The Hall–Kier alpha value is -3.39. The van der Waals surface area contributed by atoms with E-state index < -0.39 is 0 Å². The van der Waals surface area contributed by atoms with Crippen LogP contribution in [0.3, 0.4) is 0 Å². The van der Waals surface area contributed by atoms with Crippen molar-refractivity contribution in [2.45, 2.75) is 6.92 Å². The molecule has 5 rings (SSSR count). The van der Waals surface area contributed by atoms with E-state index in [1.165, 1.54) is 15.7 Å². The summed E-state index contributed by atoms with van der Waals surface area (Å²) in [7, 11) is 0. The Balaban J connectivity index is 1.50. The van der Waals surface area contributed by atoms with Crippen molar-refractivity contribution in [3.8, 4) is 11.5 Å². The highest BCUT2D eigenvalue weighted by atomic mass is 32.1. The molecule has 3 aromatic heterocycles. The molecule has 0 spiro atoms. The molecule has 0 unspecified atom stereocenters. The fourth-order valence-corrected chi connectivity index (χ4v) is 4.05. The number of benzene rings is 1. The first-order chi connectivity index (χ1) is 13.6. The van der Waals surface area contributed by atoms with Crippen molar-refractivity contribution >= 4 is 38.8 Å². The molecule has 0 fully saturated rings. The first-order valence-electron chi connectivity index (χ1n) is 8.72. The van der Waals surface area contributed by atoms with Crippen molar-refractivity contribution in [3.05, 3.63) is 63.4 Å². The molecule has 0 radical (unpaired) electrons. The van der Waals surface area contributed by atoms with E-state index >= 15 is 0 Å². The second-order valence-corrected chi connectivity index (χ2v) is 7.52. The first kappa shape index (κ1) is 16.8. The lowest BCUT2D eigenvalue weighted by molar-refractivity contribution is 0.103. The van der Waals surface area contributed by atoms with Gasteiger partial charge in [-0.25, -0.2) is 4.98 Å². The number of nitrogens with one attached hydrogen (secondary N) is 1. The van der Waals surface area contributed by atoms with Gasteiger partial charge in [0.2, 0.25) is 0 Å². The zero-order valence-corrected chi connectivity index (χ0v) is 15.7. The van der Waals surface area contributed by atoms with Crippen molar-refractivity contribution in [1.82, 2.24) is 9.38 Å². The number of rotatable bonds is 2. The second kappa shape index (κ2) is 6.35. The van der Waals surface area contributed by atoms with Crippen LogP contribution < -0.4 is 20.3 Å². The van der Waals surface area contributed by atoms with Crippen molar-refractivity contribution in [2.75, 3.05) is 18.5 Å². The molecule has 1 aliphatic heterocycles. The van der Waals surface area contributed by atoms with Crippen LogP contribution in [0.2, 0.25) is 0 Å². The second-order valence-electron chi connectivity index (χ2n) is 6.49. The lowest BCUT2D eigenvalue weighted by Crippen LogP contribution is -2.16. The highest BCUT2D eigenvalue weighted by Crippen LogP contribution is 2.33. The summed E-state index contributed by atoms with van der Waals surface area (Å²) < 4.78 is 12.5. The van der Waals surface area contributed by atoms with Gasteiger partial charge in [-0.2, -0.15) is 0 Å². The van der Waals surface area contributed by atoms with E-state index in [1.54, 1.807) is 36.5 Å². The van der Waals surface area contributed by atoms with Crippen LogP contribution in [0.5, 0.6) is 11.5 Å². The highest BCUT2D eigenvalue weighted by molar-refractivity contribution is 7.20. The van der Waals surface area contributed by atoms with E-state index in [-0.39, 0.29) is 11.5 Å². The Morgan fingerprint density at radius 2 is 1.96 bits per heavy atom. The number of fused-ring (bicyclic) bond motifs is 3. The molecule has 1 amide bonds. The Bertz CT molecular complexity index is 1310. The van der Waals surface area contributed by atoms with Gasteiger partial charge in [0.15, 0.2) is 11.5 Å². The molecule has 140 valence electrons. The maximum absolute atomic E-state index is 12.8. The smallest absolute Gasteiger partial charge is 0.266 e. The topological polar surface area (TPSA) is 81.9 Å². The molecular weight excluding hydrogens is 378 g/mol. The summed E-state index contributed by atoms with van der Waals surface area (Å²) in [6.07, 6.45) is 1.75. The fourth-order valence-electron chi connectivity index (χ4n) is 3.13. The number of thiophene rings is 1. The average Bonchev–Trinajstić information content (AvgIpc) is 3.13. The molecule has 28 heavy (non-hydrogen) atoms. The molecule has 0 bridgehead atoms. The number of ether oxygens (including phenoxy) is 2. The molecule has 1 N–H and O–H groups in total. The van der Waals surface area contributed by atoms with Crippen LogP contribution in [0.25, 0.3) is 15.9 Å². The minimum Gasteiger partial charge on any atom is -0.486 e. The number of carbonyl (C=O) groups excluding carboxylic acids is 1. The number of amides is 1. The molecule has 4 heterocycles. The monoisotopic (exact) mass is 393 g/mol. The van der Waals surface area contributed by atoms with Crippen molar-refractivity contribution in [2.24, 2.45) is 0 Å². The third-order valence-corrected chi connectivity index (χ3v) is 5.50. The maximum atomic E-state index is 12.8. The number of aryl methyl sites for hydroxylation is 1. The molecule has 0 aliphatic carbocycles. The summed E-state index contributed by atoms with van der Waals surface area (Å²) in [5.74, 6) is 0.955. The minimum atomic E-state index is -0.302. The lowest BCUT2D eigenvalue weighted by Gasteiger charge is -2.18. The molecule has 1 aromatic carbocycles. The number of aromatic nitrogens is 2. The van der Waals surface area contributed by atoms with Crippen LogP contribution in [0.4, 0.5) is 5.69 Å². The first-order valence-corrected chi connectivity index (χ1v) is 9.54. The average molecular weight is 393 g/mol. The van der Waals surface area contributed by atoms with Crippen LogP contribution in [0, 0.1) is 6.92 Å². The standard InChI is InChI=1S/C20H15N3O4S/c1-11-2-5-17-22-19-13(20(25)23(17)10-11)9-16(28-19)18(24)21-12-3-4-14-15(8-12)27-7-6-26-14/h2-5,8-10H,6-7H2,1H3,(H,21,24). The molecular formula is C20H15N3O4S. The number of hydrogen-bond acceptors (Lipinski definition) is 6. The van der Waals surface area contributed by atoms with Crippen LogP contribution in [-0.4, -0.2) is 28.5 Å². The van der Waals surface area contributed by atoms with E-state index in [0.29, 0.717) is 51.1 Å². The zero-order valence-electron chi connectivity index (χ0n) is 14.9. The van der Waals surface area contributed by atoms with Gasteiger partial charge in [0.05, 0.1) is 10.3 Å². The summed E-state index contributed by atoms with van der Waals surface area (Å²) in [5, 5.41) is 3.27. The summed E-state index contributed by atoms with van der Waals surface area (Å²) >= 11 is 1.19. The van der Waals surface area contributed by atoms with Gasteiger partial charge in [0.1, 0.15) is 23.7 Å². The van der Waals surface area contributed by atoms with Crippen molar-refractivity contribution in [1.29, 1.82) is 0 Å². The van der Waals surface area contributed by atoms with Gasteiger partial charge < -0.3 is 14.8 Å². The van der Waals surface area contributed by atoms with Gasteiger partial charge in [0.25, 0.3) is 11.5 Å². The highest BCUT2D eigenvalue weighted by Gasteiger charge is 2.17. The van der Waals surface area contributed by atoms with Crippen LogP contribution in [0.15, 0.2) is 47.4 Å². The summed E-state index contributed by atoms with van der Waals surface area (Å²) in [6, 6.07) is 10.5. The number of anilines is 1. The summed E-state index contributed by atoms with van der Waals surface area (Å²) in [4.78, 5) is 30.9. The molecule has 0 saturated carbocycles. The quantitative estimate of drug-likeness (QED) is 0.565. The van der Waals surface area contributed by atoms with Gasteiger partial charge in [-0.1, -0.05) is 6.07 Å². The Kier molecular flexibility index (Phi) is 3.80. The molecule has 8 heteroatoms. The minimum absolute atomic E-state index is 0.182. The molecule has 0 saturated heterocycles. The predicted octanol–water partition coefficient (Wildman–Crippen LogP) is 3.24. The van der Waals surface area contributed by atoms with Crippen LogP contribution in [-0.2, 0) is 0 Å². The maximum Gasteiger partial charge on any atom is 0.266 e. The SMILES string of the molecule is Cc1ccc2nc3sc(C(=O)Nc4ccc5c(c4)OCCO5)cc3c(=O)n2c1. The largest absolute Gasteiger partial charge is 0.486 e. The summed E-state index contributed by atoms with van der Waals surface area (Å²) in [6.45, 7) is 2.90. The Morgan fingerprint density at radius 1 is 1.14 bits per heavy atom. The van der Waals surface area contributed by atoms with Crippen molar-refractivity contribution < 1.29 is 14.3 Å². The van der Waals surface area contributed by atoms with E-state index in [1.807, 2.05) is 13.0 Å². The zero-order chi connectivity index (χ0) is 19.3. The molecule has 7 nitrogen and oxygen atoms in total. The van der Waals surface area contributed by atoms with Crippen LogP contribution >= 0.6 is 11.3 Å². The molecule has 1 aliphatic rings. The van der Waals surface area contributed by atoms with Gasteiger partial charge in [-0.05, 0) is 36.8 Å². The van der Waals surface area contributed by atoms with Gasteiger partial charge >= 0.3 is 0 Å². The van der Waals surface area contributed by atoms with Crippen LogP contribution in [0.1, 0.15) is 15.2 Å². The van der Waals surface area contributed by atoms with Gasteiger partial charge in [-0.3, -0.25) is 14.0 Å². The predicted molar refractivity (Wildman–Crippen MR) is 107 cm³/mol. The van der Waals surface area contributed by atoms with Crippen molar-refractivity contribution in [3.63, 3.8) is 0 Å². The summed E-state index contributed by atoms with van der Waals surface area (Å²) in [5.41, 5.74) is 1.93.